The molecule has 1 heterocycles. The highest BCUT2D eigenvalue weighted by molar-refractivity contribution is 5.30. The molecule has 5 heteroatoms. The fourth-order valence-corrected chi connectivity index (χ4v) is 1.55. The third-order valence-electron chi connectivity index (χ3n) is 2.47. The molecule has 0 aromatic heterocycles. The molecular formula is C10H9F4N. The molecule has 2 rings (SSSR count). The SMILES string of the molecule is Fc1cc(C2CCN2)cc(C(F)(F)F)c1. The van der Waals surface area contributed by atoms with Gasteiger partial charge in [-0.25, -0.2) is 4.39 Å². The molecule has 1 saturated heterocycles. The molecule has 0 amide bonds. The van der Waals surface area contributed by atoms with Gasteiger partial charge in [0, 0.05) is 6.04 Å². The maximum atomic E-state index is 13.0. The van der Waals surface area contributed by atoms with Crippen LogP contribution in [0.2, 0.25) is 0 Å². The second-order valence-corrected chi connectivity index (χ2v) is 3.57. The van der Waals surface area contributed by atoms with Crippen LogP contribution in [0, 0.1) is 5.82 Å². The summed E-state index contributed by atoms with van der Waals surface area (Å²) in [5.41, 5.74) is -0.556. The van der Waals surface area contributed by atoms with Crippen LogP contribution in [0.15, 0.2) is 18.2 Å². The Bertz CT molecular complexity index is 368. The van der Waals surface area contributed by atoms with Crippen molar-refractivity contribution in [3.05, 3.63) is 35.1 Å². The highest BCUT2D eigenvalue weighted by Crippen LogP contribution is 2.33. The third kappa shape index (κ3) is 2.12. The van der Waals surface area contributed by atoms with Crippen LogP contribution in [0.25, 0.3) is 0 Å². The zero-order chi connectivity index (χ0) is 11.1. The average molecular weight is 219 g/mol. The molecule has 1 nitrogen and oxygen atoms in total. The first kappa shape index (κ1) is 10.4. The maximum absolute atomic E-state index is 13.0. The fourth-order valence-electron chi connectivity index (χ4n) is 1.55. The van der Waals surface area contributed by atoms with Gasteiger partial charge in [-0.05, 0) is 36.7 Å². The molecule has 1 aromatic carbocycles. The average Bonchev–Trinajstić information content (AvgIpc) is 1.97. The van der Waals surface area contributed by atoms with Gasteiger partial charge in [0.05, 0.1) is 5.56 Å². The lowest BCUT2D eigenvalue weighted by molar-refractivity contribution is -0.137. The van der Waals surface area contributed by atoms with E-state index in [0.717, 1.165) is 25.1 Å². The first-order chi connectivity index (χ1) is 6.97. The molecule has 15 heavy (non-hydrogen) atoms. The Morgan fingerprint density at radius 2 is 1.87 bits per heavy atom. The summed E-state index contributed by atoms with van der Waals surface area (Å²) in [6, 6.07) is 2.52. The zero-order valence-electron chi connectivity index (χ0n) is 7.74. The van der Waals surface area contributed by atoms with E-state index in [2.05, 4.69) is 5.32 Å². The van der Waals surface area contributed by atoms with Crippen molar-refractivity contribution >= 4 is 0 Å². The van der Waals surface area contributed by atoms with E-state index in [1.54, 1.807) is 0 Å². The van der Waals surface area contributed by atoms with Gasteiger partial charge in [-0.1, -0.05) is 0 Å². The normalized spacial score (nSPS) is 21.2. The number of hydrogen-bond donors (Lipinski definition) is 1. The summed E-state index contributed by atoms with van der Waals surface area (Å²) in [6.07, 6.45) is -3.73. The van der Waals surface area contributed by atoms with Gasteiger partial charge in [-0.3, -0.25) is 0 Å². The summed E-state index contributed by atoms with van der Waals surface area (Å²) in [5, 5.41) is 2.93. The molecule has 1 aromatic rings. The summed E-state index contributed by atoms with van der Waals surface area (Å²) < 4.78 is 50.0. The molecule has 1 N–H and O–H groups in total. The molecular weight excluding hydrogens is 210 g/mol. The Balaban J connectivity index is 2.36. The van der Waals surface area contributed by atoms with Gasteiger partial charge in [0.15, 0.2) is 0 Å². The van der Waals surface area contributed by atoms with Gasteiger partial charge in [0.1, 0.15) is 5.82 Å². The van der Waals surface area contributed by atoms with Gasteiger partial charge in [0.2, 0.25) is 0 Å². The quantitative estimate of drug-likeness (QED) is 0.716. The topological polar surface area (TPSA) is 12.0 Å². The largest absolute Gasteiger partial charge is 0.416 e. The molecule has 1 atom stereocenters. The molecule has 1 aliphatic rings. The number of rotatable bonds is 1. The zero-order valence-corrected chi connectivity index (χ0v) is 7.74. The van der Waals surface area contributed by atoms with E-state index in [1.807, 2.05) is 0 Å². The van der Waals surface area contributed by atoms with E-state index < -0.39 is 17.6 Å². The minimum absolute atomic E-state index is 0.137. The molecule has 0 bridgehead atoms. The number of halogens is 4. The first-order valence-electron chi connectivity index (χ1n) is 4.58. The van der Waals surface area contributed by atoms with Crippen LogP contribution in [0.5, 0.6) is 0 Å². The highest BCUT2D eigenvalue weighted by atomic mass is 19.4. The van der Waals surface area contributed by atoms with Crippen molar-refractivity contribution in [1.82, 2.24) is 5.32 Å². The Kier molecular flexibility index (Phi) is 2.42. The van der Waals surface area contributed by atoms with Crippen LogP contribution in [-0.4, -0.2) is 6.54 Å². The fraction of sp³-hybridized carbons (Fsp3) is 0.400. The minimum Gasteiger partial charge on any atom is -0.310 e. The van der Waals surface area contributed by atoms with Crippen LogP contribution >= 0.6 is 0 Å². The lowest BCUT2D eigenvalue weighted by atomic mass is 9.96. The Labute approximate surface area is 84.1 Å². The standard InChI is InChI=1S/C10H9F4N/c11-8-4-6(9-1-2-15-9)3-7(5-8)10(12,13)14/h3-5,9,15H,1-2H2. The van der Waals surface area contributed by atoms with Crippen molar-refractivity contribution in [2.45, 2.75) is 18.6 Å². The number of alkyl halides is 3. The molecule has 0 aliphatic carbocycles. The highest BCUT2D eigenvalue weighted by Gasteiger charge is 2.32. The number of hydrogen-bond acceptors (Lipinski definition) is 1. The van der Waals surface area contributed by atoms with Crippen LogP contribution in [0.4, 0.5) is 17.6 Å². The smallest absolute Gasteiger partial charge is 0.310 e. The van der Waals surface area contributed by atoms with Crippen molar-refractivity contribution in [3.63, 3.8) is 0 Å². The van der Waals surface area contributed by atoms with Crippen molar-refractivity contribution in [1.29, 1.82) is 0 Å². The third-order valence-corrected chi connectivity index (χ3v) is 2.47. The second-order valence-electron chi connectivity index (χ2n) is 3.57. The van der Waals surface area contributed by atoms with E-state index in [0.29, 0.717) is 11.6 Å². The maximum Gasteiger partial charge on any atom is 0.416 e. The predicted molar refractivity (Wildman–Crippen MR) is 46.8 cm³/mol. The van der Waals surface area contributed by atoms with Gasteiger partial charge in [-0.2, -0.15) is 13.2 Å². The molecule has 0 spiro atoms. The van der Waals surface area contributed by atoms with Crippen molar-refractivity contribution < 1.29 is 17.6 Å². The molecule has 1 aliphatic heterocycles. The second kappa shape index (κ2) is 3.48. The van der Waals surface area contributed by atoms with Crippen LogP contribution in [0.3, 0.4) is 0 Å². The number of nitrogens with one attached hydrogen (secondary N) is 1. The van der Waals surface area contributed by atoms with Gasteiger partial charge in [-0.15, -0.1) is 0 Å². The van der Waals surface area contributed by atoms with Crippen molar-refractivity contribution in [2.75, 3.05) is 6.54 Å². The van der Waals surface area contributed by atoms with Crippen molar-refractivity contribution in [3.8, 4) is 0 Å². The predicted octanol–water partition coefficient (Wildman–Crippen LogP) is 2.88. The van der Waals surface area contributed by atoms with Crippen LogP contribution in [0.1, 0.15) is 23.6 Å². The van der Waals surface area contributed by atoms with Crippen molar-refractivity contribution in [2.24, 2.45) is 0 Å². The summed E-state index contributed by atoms with van der Waals surface area (Å²) >= 11 is 0. The van der Waals surface area contributed by atoms with Gasteiger partial charge >= 0.3 is 6.18 Å². The Morgan fingerprint density at radius 1 is 1.20 bits per heavy atom. The minimum atomic E-state index is -4.49. The Hall–Kier alpha value is -1.10. The molecule has 82 valence electrons. The van der Waals surface area contributed by atoms with E-state index in [-0.39, 0.29) is 6.04 Å². The monoisotopic (exact) mass is 219 g/mol. The molecule has 1 fully saturated rings. The summed E-state index contributed by atoms with van der Waals surface area (Å²) in [6.45, 7) is 0.766. The number of benzene rings is 1. The van der Waals surface area contributed by atoms with Gasteiger partial charge < -0.3 is 5.32 Å². The van der Waals surface area contributed by atoms with Gasteiger partial charge in [0.25, 0.3) is 0 Å². The molecule has 0 saturated carbocycles. The summed E-state index contributed by atoms with van der Waals surface area (Å²) in [5.74, 6) is -0.839. The lowest BCUT2D eigenvalue weighted by Gasteiger charge is -2.28. The lowest BCUT2D eigenvalue weighted by Crippen LogP contribution is -2.35. The molecule has 1 unspecified atom stereocenters. The van der Waals surface area contributed by atoms with E-state index >= 15 is 0 Å². The first-order valence-corrected chi connectivity index (χ1v) is 4.58. The van der Waals surface area contributed by atoms with Crippen LogP contribution < -0.4 is 5.32 Å². The van der Waals surface area contributed by atoms with Crippen LogP contribution in [-0.2, 0) is 6.18 Å². The summed E-state index contributed by atoms with van der Waals surface area (Å²) in [4.78, 5) is 0. The van der Waals surface area contributed by atoms with E-state index in [9.17, 15) is 17.6 Å². The van der Waals surface area contributed by atoms with E-state index in [4.69, 9.17) is 0 Å². The summed E-state index contributed by atoms with van der Waals surface area (Å²) in [7, 11) is 0. The Morgan fingerprint density at radius 3 is 2.33 bits per heavy atom. The van der Waals surface area contributed by atoms with E-state index in [1.165, 1.54) is 0 Å². The molecule has 0 radical (unpaired) electrons.